The summed E-state index contributed by atoms with van der Waals surface area (Å²) in [5.41, 5.74) is 7.44. The molecule has 0 radical (unpaired) electrons. The molecule has 0 aliphatic carbocycles. The molecular formula is C12H12N6O. The lowest BCUT2D eigenvalue weighted by Gasteiger charge is -2.01. The molecule has 2 N–H and O–H groups in total. The van der Waals surface area contributed by atoms with Crippen LogP contribution in [0.1, 0.15) is 10.4 Å². The van der Waals surface area contributed by atoms with Crippen molar-refractivity contribution in [2.75, 3.05) is 5.73 Å². The number of Topliss-reactive ketones (excluding diaryl/α,β-unsaturated/α-hetero) is 1. The number of aromatic nitrogens is 5. The molecule has 0 fully saturated rings. The standard InChI is InChI=1S/C12H12N6O/c1-17-3-2-8(4-17)9(19)5-18-7-16-10-11(13)14-6-15-12(10)18/h2-4,6-7H,5H2,1H3,(H2,13,14,15). The number of nitrogens with two attached hydrogens (primary N) is 1. The second-order valence-electron chi connectivity index (χ2n) is 4.29. The molecule has 3 aromatic rings. The Kier molecular flexibility index (Phi) is 2.52. The first-order chi connectivity index (χ1) is 9.15. The molecule has 0 aliphatic rings. The summed E-state index contributed by atoms with van der Waals surface area (Å²) in [5.74, 6) is 0.313. The van der Waals surface area contributed by atoms with Crippen molar-refractivity contribution in [2.24, 2.45) is 7.05 Å². The number of nitrogens with zero attached hydrogens (tertiary/aromatic N) is 5. The number of aryl methyl sites for hydroxylation is 1. The third-order valence-electron chi connectivity index (χ3n) is 2.90. The van der Waals surface area contributed by atoms with Gasteiger partial charge in [0, 0.05) is 25.0 Å². The summed E-state index contributed by atoms with van der Waals surface area (Å²) in [5, 5.41) is 0. The van der Waals surface area contributed by atoms with Crippen molar-refractivity contribution < 1.29 is 4.79 Å². The van der Waals surface area contributed by atoms with Gasteiger partial charge in [-0.05, 0) is 6.07 Å². The van der Waals surface area contributed by atoms with Gasteiger partial charge in [0.25, 0.3) is 0 Å². The van der Waals surface area contributed by atoms with Gasteiger partial charge in [-0.15, -0.1) is 0 Å². The van der Waals surface area contributed by atoms with Crippen LogP contribution >= 0.6 is 0 Å². The van der Waals surface area contributed by atoms with Crippen molar-refractivity contribution in [1.29, 1.82) is 0 Å². The first-order valence-electron chi connectivity index (χ1n) is 5.71. The third kappa shape index (κ3) is 1.95. The summed E-state index contributed by atoms with van der Waals surface area (Å²) in [4.78, 5) is 24.2. The number of anilines is 1. The molecule has 3 aromatic heterocycles. The van der Waals surface area contributed by atoms with E-state index < -0.39 is 0 Å². The molecule has 7 nitrogen and oxygen atoms in total. The molecule has 3 rings (SSSR count). The Hall–Kier alpha value is -2.70. The lowest BCUT2D eigenvalue weighted by Crippen LogP contribution is -2.09. The third-order valence-corrected chi connectivity index (χ3v) is 2.90. The van der Waals surface area contributed by atoms with Gasteiger partial charge >= 0.3 is 0 Å². The van der Waals surface area contributed by atoms with Gasteiger partial charge in [-0.1, -0.05) is 0 Å². The van der Waals surface area contributed by atoms with Crippen molar-refractivity contribution in [3.05, 3.63) is 36.7 Å². The van der Waals surface area contributed by atoms with Gasteiger partial charge in [-0.2, -0.15) is 0 Å². The van der Waals surface area contributed by atoms with Gasteiger partial charge in [0.05, 0.1) is 12.9 Å². The molecule has 3 heterocycles. The molecule has 0 saturated heterocycles. The number of ketones is 1. The maximum Gasteiger partial charge on any atom is 0.184 e. The van der Waals surface area contributed by atoms with Crippen LogP contribution in [0.15, 0.2) is 31.1 Å². The number of hydrogen-bond donors (Lipinski definition) is 1. The van der Waals surface area contributed by atoms with Crippen LogP contribution in [0.25, 0.3) is 11.2 Å². The Bertz CT molecular complexity index is 757. The van der Waals surface area contributed by atoms with Crippen LogP contribution in [0.4, 0.5) is 5.82 Å². The van der Waals surface area contributed by atoms with Crippen LogP contribution in [0, 0.1) is 0 Å². The fourth-order valence-corrected chi connectivity index (χ4v) is 1.93. The molecular weight excluding hydrogens is 244 g/mol. The lowest BCUT2D eigenvalue weighted by molar-refractivity contribution is 0.0973. The van der Waals surface area contributed by atoms with Gasteiger partial charge in [0.1, 0.15) is 11.8 Å². The van der Waals surface area contributed by atoms with Crippen molar-refractivity contribution in [3.8, 4) is 0 Å². The molecule has 0 atom stereocenters. The van der Waals surface area contributed by atoms with Crippen LogP contribution in [-0.2, 0) is 13.6 Å². The Morgan fingerprint density at radius 1 is 1.37 bits per heavy atom. The molecule has 0 amide bonds. The zero-order chi connectivity index (χ0) is 13.4. The van der Waals surface area contributed by atoms with E-state index in [-0.39, 0.29) is 12.3 Å². The average Bonchev–Trinajstić information content (AvgIpc) is 2.98. The van der Waals surface area contributed by atoms with Crippen LogP contribution in [0.5, 0.6) is 0 Å². The van der Waals surface area contributed by atoms with E-state index in [4.69, 9.17) is 5.73 Å². The number of rotatable bonds is 3. The zero-order valence-corrected chi connectivity index (χ0v) is 10.3. The van der Waals surface area contributed by atoms with E-state index in [9.17, 15) is 4.79 Å². The Morgan fingerprint density at radius 3 is 2.95 bits per heavy atom. The fraction of sp³-hybridized carbons (Fsp3) is 0.167. The maximum atomic E-state index is 12.1. The smallest absolute Gasteiger partial charge is 0.184 e. The zero-order valence-electron chi connectivity index (χ0n) is 10.3. The largest absolute Gasteiger partial charge is 0.382 e. The molecule has 0 saturated carbocycles. The second-order valence-corrected chi connectivity index (χ2v) is 4.29. The topological polar surface area (TPSA) is 91.6 Å². The predicted molar refractivity (Wildman–Crippen MR) is 69.5 cm³/mol. The van der Waals surface area contributed by atoms with Crippen LogP contribution in [-0.4, -0.2) is 29.9 Å². The first kappa shape index (κ1) is 11.4. The number of carbonyl (C=O) groups is 1. The quantitative estimate of drug-likeness (QED) is 0.694. The Labute approximate surface area is 108 Å². The van der Waals surface area contributed by atoms with E-state index in [0.717, 1.165) is 0 Å². The highest BCUT2D eigenvalue weighted by molar-refractivity contribution is 5.96. The van der Waals surface area contributed by atoms with E-state index in [1.165, 1.54) is 6.33 Å². The number of hydrogen-bond acceptors (Lipinski definition) is 5. The SMILES string of the molecule is Cn1ccc(C(=O)Cn2cnc3c(N)ncnc32)c1. The van der Waals surface area contributed by atoms with E-state index in [1.54, 1.807) is 23.2 Å². The van der Waals surface area contributed by atoms with Gasteiger partial charge in [-0.3, -0.25) is 4.79 Å². The number of fused-ring (bicyclic) bond motifs is 1. The van der Waals surface area contributed by atoms with E-state index in [0.29, 0.717) is 22.5 Å². The van der Waals surface area contributed by atoms with Crippen molar-refractivity contribution >= 4 is 22.8 Å². The van der Waals surface area contributed by atoms with E-state index in [1.807, 2.05) is 17.8 Å². The summed E-state index contributed by atoms with van der Waals surface area (Å²) >= 11 is 0. The van der Waals surface area contributed by atoms with E-state index in [2.05, 4.69) is 15.0 Å². The second kappa shape index (κ2) is 4.20. The lowest BCUT2D eigenvalue weighted by atomic mass is 10.2. The van der Waals surface area contributed by atoms with Gasteiger partial charge < -0.3 is 14.9 Å². The normalized spacial score (nSPS) is 11.0. The Morgan fingerprint density at radius 2 is 2.21 bits per heavy atom. The first-order valence-corrected chi connectivity index (χ1v) is 5.71. The average molecular weight is 256 g/mol. The van der Waals surface area contributed by atoms with Gasteiger partial charge in [0.15, 0.2) is 17.2 Å². The van der Waals surface area contributed by atoms with Crippen LogP contribution in [0.2, 0.25) is 0 Å². The van der Waals surface area contributed by atoms with Crippen molar-refractivity contribution in [1.82, 2.24) is 24.1 Å². The summed E-state index contributed by atoms with van der Waals surface area (Å²) in [6.45, 7) is 0.178. The van der Waals surface area contributed by atoms with Crippen molar-refractivity contribution in [2.45, 2.75) is 6.54 Å². The number of nitrogen functional groups attached to an aromatic ring is 1. The van der Waals surface area contributed by atoms with Crippen LogP contribution in [0.3, 0.4) is 0 Å². The highest BCUT2D eigenvalue weighted by atomic mass is 16.1. The van der Waals surface area contributed by atoms with E-state index >= 15 is 0 Å². The minimum absolute atomic E-state index is 0.00270. The fourth-order valence-electron chi connectivity index (χ4n) is 1.93. The minimum Gasteiger partial charge on any atom is -0.382 e. The molecule has 0 aliphatic heterocycles. The summed E-state index contributed by atoms with van der Waals surface area (Å²) in [7, 11) is 1.87. The molecule has 19 heavy (non-hydrogen) atoms. The Balaban J connectivity index is 1.94. The summed E-state index contributed by atoms with van der Waals surface area (Å²) in [6, 6.07) is 1.78. The molecule has 96 valence electrons. The summed E-state index contributed by atoms with van der Waals surface area (Å²) < 4.78 is 3.50. The summed E-state index contributed by atoms with van der Waals surface area (Å²) in [6.07, 6.45) is 6.53. The minimum atomic E-state index is -0.00270. The highest BCUT2D eigenvalue weighted by Gasteiger charge is 2.12. The van der Waals surface area contributed by atoms with Crippen molar-refractivity contribution in [3.63, 3.8) is 0 Å². The molecule has 0 unspecified atom stereocenters. The van der Waals surface area contributed by atoms with Crippen LogP contribution < -0.4 is 5.73 Å². The maximum absolute atomic E-state index is 12.1. The van der Waals surface area contributed by atoms with Gasteiger partial charge in [0.2, 0.25) is 0 Å². The molecule has 0 spiro atoms. The monoisotopic (exact) mass is 256 g/mol. The molecule has 7 heteroatoms. The number of carbonyl (C=O) groups excluding carboxylic acids is 1. The predicted octanol–water partition coefficient (Wildman–Crippen LogP) is 0.630. The van der Waals surface area contributed by atoms with Gasteiger partial charge in [-0.25, -0.2) is 15.0 Å². The number of imidazole rings is 1. The molecule has 0 bridgehead atoms. The highest BCUT2D eigenvalue weighted by Crippen LogP contribution is 2.14. The molecule has 0 aromatic carbocycles.